The quantitative estimate of drug-likeness (QED) is 0.811. The minimum absolute atomic E-state index is 0.0298. The molecule has 1 aliphatic carbocycles. The van der Waals surface area contributed by atoms with Gasteiger partial charge in [0.2, 0.25) is 0 Å². The van der Waals surface area contributed by atoms with Crippen molar-refractivity contribution in [2.45, 2.75) is 43.7 Å². The summed E-state index contributed by atoms with van der Waals surface area (Å²) in [6.07, 6.45) is -0.819. The van der Waals surface area contributed by atoms with Crippen LogP contribution in [0.15, 0.2) is 18.2 Å². The van der Waals surface area contributed by atoms with E-state index < -0.39 is 23.0 Å². The van der Waals surface area contributed by atoms with E-state index in [1.165, 1.54) is 12.1 Å². The van der Waals surface area contributed by atoms with E-state index in [1.807, 2.05) is 0 Å². The van der Waals surface area contributed by atoms with Crippen molar-refractivity contribution in [3.63, 3.8) is 0 Å². The first-order valence-electron chi connectivity index (χ1n) is 6.47. The molecule has 0 unspecified atom stereocenters. The fourth-order valence-corrected chi connectivity index (χ4v) is 3.07. The van der Waals surface area contributed by atoms with E-state index in [0.29, 0.717) is 12.8 Å². The van der Waals surface area contributed by atoms with Crippen LogP contribution < -0.4 is 5.73 Å². The van der Waals surface area contributed by atoms with Gasteiger partial charge >= 0.3 is 6.18 Å². The highest BCUT2D eigenvalue weighted by Gasteiger charge is 2.43. The van der Waals surface area contributed by atoms with Gasteiger partial charge in [0.05, 0.1) is 5.56 Å². The van der Waals surface area contributed by atoms with E-state index in [4.69, 9.17) is 5.73 Å². The van der Waals surface area contributed by atoms with Crippen LogP contribution in [-0.4, -0.2) is 6.54 Å². The molecule has 0 aromatic heterocycles. The molecule has 2 rings (SSSR count). The summed E-state index contributed by atoms with van der Waals surface area (Å²) >= 11 is 0. The molecule has 2 N–H and O–H groups in total. The van der Waals surface area contributed by atoms with Crippen LogP contribution in [0.25, 0.3) is 0 Å². The van der Waals surface area contributed by atoms with E-state index >= 15 is 0 Å². The van der Waals surface area contributed by atoms with Crippen LogP contribution >= 0.6 is 0 Å². The Morgan fingerprint density at radius 2 is 1.74 bits per heavy atom. The molecule has 1 aromatic rings. The smallest absolute Gasteiger partial charge is 0.330 e. The summed E-state index contributed by atoms with van der Waals surface area (Å²) in [4.78, 5) is 0. The van der Waals surface area contributed by atoms with Crippen LogP contribution in [0.4, 0.5) is 17.6 Å². The molecule has 1 saturated carbocycles. The summed E-state index contributed by atoms with van der Waals surface area (Å²) in [5.74, 6) is -1.21. The van der Waals surface area contributed by atoms with Gasteiger partial charge in [0.25, 0.3) is 0 Å². The van der Waals surface area contributed by atoms with Crippen LogP contribution in [0.1, 0.15) is 43.2 Å². The zero-order chi connectivity index (χ0) is 14.1. The minimum atomic E-state index is -4.68. The Morgan fingerprint density at radius 3 is 2.26 bits per heavy atom. The van der Waals surface area contributed by atoms with E-state index in [1.54, 1.807) is 0 Å². The Labute approximate surface area is 109 Å². The van der Waals surface area contributed by atoms with Crippen molar-refractivity contribution in [1.29, 1.82) is 0 Å². The molecule has 1 nitrogen and oxygen atoms in total. The van der Waals surface area contributed by atoms with Gasteiger partial charge in [0, 0.05) is 12.0 Å². The summed E-state index contributed by atoms with van der Waals surface area (Å²) in [6, 6.07) is 3.58. The van der Waals surface area contributed by atoms with Gasteiger partial charge in [-0.1, -0.05) is 31.4 Å². The molecule has 0 bridgehead atoms. The van der Waals surface area contributed by atoms with Gasteiger partial charge < -0.3 is 5.73 Å². The van der Waals surface area contributed by atoms with Gasteiger partial charge in [-0.05, 0) is 24.5 Å². The topological polar surface area (TPSA) is 26.0 Å². The molecule has 0 atom stereocenters. The lowest BCUT2D eigenvalue weighted by Crippen LogP contribution is -2.39. The van der Waals surface area contributed by atoms with Gasteiger partial charge in [-0.2, -0.15) is 13.2 Å². The summed E-state index contributed by atoms with van der Waals surface area (Å²) in [7, 11) is 0. The maximum atomic E-state index is 13.6. The second-order valence-electron chi connectivity index (χ2n) is 5.21. The highest BCUT2D eigenvalue weighted by atomic mass is 19.4. The molecule has 106 valence electrons. The second-order valence-corrected chi connectivity index (χ2v) is 5.21. The highest BCUT2D eigenvalue weighted by molar-refractivity contribution is 5.38. The van der Waals surface area contributed by atoms with Gasteiger partial charge in [0.1, 0.15) is 5.82 Å². The normalized spacial score (nSPS) is 19.4. The Bertz CT molecular complexity index is 447. The number of benzene rings is 1. The predicted octanol–water partition coefficient (Wildman–Crippen LogP) is 4.01. The van der Waals surface area contributed by atoms with Crippen LogP contribution in [0, 0.1) is 5.82 Å². The third kappa shape index (κ3) is 2.61. The molecule has 0 aliphatic heterocycles. The summed E-state index contributed by atoms with van der Waals surface area (Å²) in [5, 5.41) is 0. The molecule has 0 amide bonds. The molecule has 19 heavy (non-hydrogen) atoms. The van der Waals surface area contributed by atoms with Crippen LogP contribution in [-0.2, 0) is 11.6 Å². The SMILES string of the molecule is NCC1(c2cccc(F)c2C(F)(F)F)CCCCC1. The number of hydrogen-bond donors (Lipinski definition) is 1. The first-order valence-corrected chi connectivity index (χ1v) is 6.47. The Morgan fingerprint density at radius 1 is 1.11 bits per heavy atom. The fraction of sp³-hybridized carbons (Fsp3) is 0.571. The third-order valence-electron chi connectivity index (χ3n) is 4.07. The maximum absolute atomic E-state index is 13.6. The van der Waals surface area contributed by atoms with Crippen molar-refractivity contribution in [2.24, 2.45) is 5.73 Å². The number of halogens is 4. The lowest BCUT2D eigenvalue weighted by atomic mass is 9.68. The molecular weight excluding hydrogens is 258 g/mol. The summed E-state index contributed by atoms with van der Waals surface area (Å²) in [6.45, 7) is 0.125. The van der Waals surface area contributed by atoms with E-state index in [0.717, 1.165) is 25.3 Å². The van der Waals surface area contributed by atoms with E-state index in [2.05, 4.69) is 0 Å². The Kier molecular flexibility index (Phi) is 3.85. The average Bonchev–Trinajstić information content (AvgIpc) is 2.38. The minimum Gasteiger partial charge on any atom is -0.330 e. The zero-order valence-electron chi connectivity index (χ0n) is 10.6. The van der Waals surface area contributed by atoms with Gasteiger partial charge in [-0.3, -0.25) is 0 Å². The number of rotatable bonds is 2. The predicted molar refractivity (Wildman–Crippen MR) is 65.2 cm³/mol. The van der Waals surface area contributed by atoms with Crippen molar-refractivity contribution in [3.8, 4) is 0 Å². The molecule has 0 heterocycles. The molecular formula is C14H17F4N. The number of nitrogens with two attached hydrogens (primary N) is 1. The van der Waals surface area contributed by atoms with Crippen molar-refractivity contribution in [2.75, 3.05) is 6.54 Å². The van der Waals surface area contributed by atoms with Crippen LogP contribution in [0.2, 0.25) is 0 Å². The third-order valence-corrected chi connectivity index (χ3v) is 4.07. The average molecular weight is 275 g/mol. The van der Waals surface area contributed by atoms with Crippen LogP contribution in [0.3, 0.4) is 0 Å². The largest absolute Gasteiger partial charge is 0.419 e. The summed E-state index contributed by atoms with van der Waals surface area (Å²) in [5.41, 5.74) is 3.90. The van der Waals surface area contributed by atoms with Crippen LogP contribution in [0.5, 0.6) is 0 Å². The molecule has 1 aromatic carbocycles. The summed E-state index contributed by atoms with van der Waals surface area (Å²) < 4.78 is 52.9. The number of hydrogen-bond acceptors (Lipinski definition) is 1. The van der Waals surface area contributed by atoms with Gasteiger partial charge in [-0.15, -0.1) is 0 Å². The molecule has 1 fully saturated rings. The maximum Gasteiger partial charge on any atom is 0.419 e. The molecule has 5 heteroatoms. The fourth-order valence-electron chi connectivity index (χ4n) is 3.07. The monoisotopic (exact) mass is 275 g/mol. The molecule has 1 aliphatic rings. The van der Waals surface area contributed by atoms with E-state index in [-0.39, 0.29) is 12.1 Å². The lowest BCUT2D eigenvalue weighted by molar-refractivity contribution is -0.141. The van der Waals surface area contributed by atoms with Crippen molar-refractivity contribution in [1.82, 2.24) is 0 Å². The van der Waals surface area contributed by atoms with Gasteiger partial charge in [0.15, 0.2) is 0 Å². The van der Waals surface area contributed by atoms with Crippen molar-refractivity contribution < 1.29 is 17.6 Å². The van der Waals surface area contributed by atoms with Gasteiger partial charge in [-0.25, -0.2) is 4.39 Å². The van der Waals surface area contributed by atoms with E-state index in [9.17, 15) is 17.6 Å². The molecule has 0 saturated heterocycles. The first kappa shape index (κ1) is 14.3. The lowest BCUT2D eigenvalue weighted by Gasteiger charge is -2.38. The number of alkyl halides is 3. The highest BCUT2D eigenvalue weighted by Crippen LogP contribution is 2.45. The molecule has 0 spiro atoms. The van der Waals surface area contributed by atoms with Crippen molar-refractivity contribution in [3.05, 3.63) is 35.1 Å². The van der Waals surface area contributed by atoms with Crippen molar-refractivity contribution >= 4 is 0 Å². The Balaban J connectivity index is 2.57. The Hall–Kier alpha value is -1.10. The first-order chi connectivity index (χ1) is 8.91. The second kappa shape index (κ2) is 5.12. The zero-order valence-corrected chi connectivity index (χ0v) is 10.6. The molecule has 0 radical (unpaired) electrons. The standard InChI is InChI=1S/C14H17F4N/c15-11-6-4-5-10(12(11)14(16,17)18)13(9-19)7-2-1-3-8-13/h4-6H,1-3,7-9,19H2.